The normalized spacial score (nSPS) is 15.2. The van der Waals surface area contributed by atoms with Crippen LogP contribution < -0.4 is 11.1 Å². The van der Waals surface area contributed by atoms with Gasteiger partial charge < -0.3 is 11.1 Å². The van der Waals surface area contributed by atoms with Gasteiger partial charge in [0.15, 0.2) is 5.54 Å². The van der Waals surface area contributed by atoms with Crippen molar-refractivity contribution in [3.05, 3.63) is 12.2 Å². The third kappa shape index (κ3) is 3.42. The monoisotopic (exact) mass is 265 g/mol. The number of H-pyrrole nitrogens is 1. The highest BCUT2D eigenvalue weighted by molar-refractivity contribution is 5.86. The van der Waals surface area contributed by atoms with Crippen molar-refractivity contribution in [2.75, 3.05) is 6.54 Å². The highest BCUT2D eigenvalue weighted by Gasteiger charge is 2.53. The van der Waals surface area contributed by atoms with Gasteiger partial charge in [-0.1, -0.05) is 0 Å². The number of aryl methyl sites for hydroxylation is 1. The van der Waals surface area contributed by atoms with E-state index in [0.717, 1.165) is 0 Å². The summed E-state index contributed by atoms with van der Waals surface area (Å²) >= 11 is 0. The lowest BCUT2D eigenvalue weighted by atomic mass is 10.0. The number of halogens is 3. The predicted molar refractivity (Wildman–Crippen MR) is 56.4 cm³/mol. The molecule has 0 fully saturated rings. The van der Waals surface area contributed by atoms with E-state index in [1.165, 1.54) is 6.33 Å². The number of rotatable bonds is 5. The molecule has 18 heavy (non-hydrogen) atoms. The van der Waals surface area contributed by atoms with Crippen molar-refractivity contribution in [1.29, 1.82) is 0 Å². The Morgan fingerprint density at radius 2 is 2.22 bits per heavy atom. The maximum Gasteiger partial charge on any atom is 0.415 e. The Kier molecular flexibility index (Phi) is 4.28. The van der Waals surface area contributed by atoms with Gasteiger partial charge in [-0.25, -0.2) is 4.98 Å². The van der Waals surface area contributed by atoms with Crippen molar-refractivity contribution in [3.8, 4) is 0 Å². The number of amides is 1. The summed E-state index contributed by atoms with van der Waals surface area (Å²) in [5.41, 5.74) is 2.07. The quantitative estimate of drug-likeness (QED) is 0.659. The Morgan fingerprint density at radius 3 is 2.72 bits per heavy atom. The van der Waals surface area contributed by atoms with Crippen LogP contribution in [-0.2, 0) is 11.2 Å². The second kappa shape index (κ2) is 5.34. The second-order valence-electron chi connectivity index (χ2n) is 3.99. The molecule has 1 atom stereocenters. The van der Waals surface area contributed by atoms with Crippen LogP contribution in [0.2, 0.25) is 0 Å². The Bertz CT molecular complexity index is 387. The molecule has 0 saturated carbocycles. The first kappa shape index (κ1) is 14.4. The Hall–Kier alpha value is -1.64. The summed E-state index contributed by atoms with van der Waals surface area (Å²) in [6.45, 7) is 0.723. The molecule has 102 valence electrons. The number of hydrogen-bond donors (Lipinski definition) is 3. The number of nitrogens with one attached hydrogen (secondary N) is 2. The van der Waals surface area contributed by atoms with Crippen molar-refractivity contribution in [2.24, 2.45) is 5.73 Å². The minimum Gasteiger partial charge on any atom is -0.354 e. The molecule has 1 aromatic heterocycles. The number of nitrogens with two attached hydrogens (primary N) is 1. The van der Waals surface area contributed by atoms with Gasteiger partial charge >= 0.3 is 6.18 Å². The molecule has 9 heteroatoms. The molecule has 6 nitrogen and oxygen atoms in total. The van der Waals surface area contributed by atoms with Crippen molar-refractivity contribution in [2.45, 2.75) is 31.5 Å². The fraction of sp³-hybridized carbons (Fsp3) is 0.667. The van der Waals surface area contributed by atoms with Crippen molar-refractivity contribution in [1.82, 2.24) is 20.5 Å². The molecule has 0 aliphatic carbocycles. The summed E-state index contributed by atoms with van der Waals surface area (Å²) in [6, 6.07) is 0. The maximum atomic E-state index is 12.4. The van der Waals surface area contributed by atoms with Crippen LogP contribution in [0, 0.1) is 0 Å². The first-order valence-electron chi connectivity index (χ1n) is 5.23. The van der Waals surface area contributed by atoms with Crippen LogP contribution in [0.4, 0.5) is 13.2 Å². The second-order valence-corrected chi connectivity index (χ2v) is 3.99. The third-order valence-electron chi connectivity index (χ3n) is 2.40. The van der Waals surface area contributed by atoms with Crippen molar-refractivity contribution < 1.29 is 18.0 Å². The van der Waals surface area contributed by atoms with Crippen LogP contribution in [0.15, 0.2) is 6.33 Å². The topological polar surface area (TPSA) is 96.7 Å². The van der Waals surface area contributed by atoms with Gasteiger partial charge in [0.25, 0.3) is 0 Å². The minimum atomic E-state index is -4.78. The average molecular weight is 265 g/mol. The number of hydrogen-bond acceptors (Lipinski definition) is 4. The molecule has 1 aromatic rings. The standard InChI is InChI=1S/C9H14F3N5O/c1-8(13,9(10,11)12)7(18)14-4-2-3-6-15-5-16-17-6/h5H,2-4,13H2,1H3,(H,14,18)(H,15,16,17). The smallest absolute Gasteiger partial charge is 0.354 e. The molecule has 0 aliphatic rings. The SMILES string of the molecule is CC(N)(C(=O)NCCCc1ncn[nH]1)C(F)(F)F. The molecule has 4 N–H and O–H groups in total. The highest BCUT2D eigenvalue weighted by Crippen LogP contribution is 2.27. The van der Waals surface area contributed by atoms with Gasteiger partial charge in [0.1, 0.15) is 12.2 Å². The molecule has 1 amide bonds. The fourth-order valence-corrected chi connectivity index (χ4v) is 1.12. The lowest BCUT2D eigenvalue weighted by Gasteiger charge is -2.26. The molecule has 1 unspecified atom stereocenters. The number of carbonyl (C=O) groups is 1. The summed E-state index contributed by atoms with van der Waals surface area (Å²) in [4.78, 5) is 15.1. The lowest BCUT2D eigenvalue weighted by Crippen LogP contribution is -2.61. The number of aromatic amines is 1. The molecule has 1 rings (SSSR count). The largest absolute Gasteiger partial charge is 0.415 e. The zero-order valence-corrected chi connectivity index (χ0v) is 9.71. The van der Waals surface area contributed by atoms with Crippen molar-refractivity contribution >= 4 is 5.91 Å². The fourth-order valence-electron chi connectivity index (χ4n) is 1.12. The van der Waals surface area contributed by atoms with E-state index in [4.69, 9.17) is 5.73 Å². The molecule has 0 aliphatic heterocycles. The minimum absolute atomic E-state index is 0.0857. The Labute approximate surface area is 101 Å². The van der Waals surface area contributed by atoms with Crippen molar-refractivity contribution in [3.63, 3.8) is 0 Å². The molecule has 0 saturated heterocycles. The molecular formula is C9H14F3N5O. The maximum absolute atomic E-state index is 12.4. The first-order chi connectivity index (χ1) is 8.25. The number of carbonyl (C=O) groups excluding carboxylic acids is 1. The zero-order valence-electron chi connectivity index (χ0n) is 9.71. The zero-order chi connectivity index (χ0) is 13.8. The molecular weight excluding hydrogens is 251 g/mol. The molecule has 0 spiro atoms. The van der Waals surface area contributed by atoms with E-state index in [1.54, 1.807) is 0 Å². The number of aromatic nitrogens is 3. The summed E-state index contributed by atoms with van der Waals surface area (Å²) < 4.78 is 37.2. The van der Waals surface area contributed by atoms with Crippen LogP contribution in [-0.4, -0.2) is 39.3 Å². The Morgan fingerprint density at radius 1 is 1.56 bits per heavy atom. The van der Waals surface area contributed by atoms with E-state index in [9.17, 15) is 18.0 Å². The van der Waals surface area contributed by atoms with Gasteiger partial charge in [-0.05, 0) is 13.3 Å². The van der Waals surface area contributed by atoms with E-state index in [0.29, 0.717) is 25.6 Å². The van der Waals surface area contributed by atoms with Gasteiger partial charge in [-0.2, -0.15) is 18.3 Å². The third-order valence-corrected chi connectivity index (χ3v) is 2.40. The number of nitrogens with zero attached hydrogens (tertiary/aromatic N) is 2. The summed E-state index contributed by atoms with van der Waals surface area (Å²) in [7, 11) is 0. The Balaban J connectivity index is 2.33. The van der Waals surface area contributed by atoms with Crippen LogP contribution >= 0.6 is 0 Å². The van der Waals surface area contributed by atoms with Gasteiger partial charge in [0.2, 0.25) is 5.91 Å². The number of alkyl halides is 3. The summed E-state index contributed by atoms with van der Waals surface area (Å²) in [6.07, 6.45) is -2.53. The molecule has 0 radical (unpaired) electrons. The van der Waals surface area contributed by atoms with Gasteiger partial charge in [-0.3, -0.25) is 9.89 Å². The lowest BCUT2D eigenvalue weighted by molar-refractivity contribution is -0.187. The summed E-state index contributed by atoms with van der Waals surface area (Å²) in [5, 5.41) is 8.36. The predicted octanol–water partition coefficient (Wildman–Crippen LogP) is 0.133. The van der Waals surface area contributed by atoms with E-state index in [1.807, 2.05) is 0 Å². The highest BCUT2D eigenvalue weighted by atomic mass is 19.4. The molecule has 1 heterocycles. The van der Waals surface area contributed by atoms with E-state index in [2.05, 4.69) is 20.5 Å². The van der Waals surface area contributed by atoms with Crippen LogP contribution in [0.3, 0.4) is 0 Å². The van der Waals surface area contributed by atoms with Crippen LogP contribution in [0.5, 0.6) is 0 Å². The van der Waals surface area contributed by atoms with Gasteiger partial charge in [0, 0.05) is 13.0 Å². The molecule has 0 aromatic carbocycles. The van der Waals surface area contributed by atoms with E-state index >= 15 is 0 Å². The van der Waals surface area contributed by atoms with Gasteiger partial charge in [-0.15, -0.1) is 0 Å². The van der Waals surface area contributed by atoms with Gasteiger partial charge in [0.05, 0.1) is 0 Å². The van der Waals surface area contributed by atoms with E-state index < -0.39 is 17.6 Å². The molecule has 0 bridgehead atoms. The van der Waals surface area contributed by atoms with Crippen LogP contribution in [0.1, 0.15) is 19.2 Å². The van der Waals surface area contributed by atoms with E-state index in [-0.39, 0.29) is 6.54 Å². The first-order valence-corrected chi connectivity index (χ1v) is 5.23. The summed E-state index contributed by atoms with van der Waals surface area (Å²) in [5.74, 6) is -0.636. The van der Waals surface area contributed by atoms with Crippen LogP contribution in [0.25, 0.3) is 0 Å². The average Bonchev–Trinajstić information content (AvgIpc) is 2.75.